The standard InChI is InChI=1S/C15H15F2NS/c16-12-5-8-14(17)15(10-12)19-9-1-2-11-3-6-13(18)7-4-11/h3-8,10H,1-2,9,18H2. The smallest absolute Gasteiger partial charge is 0.136 e. The quantitative estimate of drug-likeness (QED) is 0.502. The molecule has 0 radical (unpaired) electrons. The average molecular weight is 279 g/mol. The molecule has 19 heavy (non-hydrogen) atoms. The summed E-state index contributed by atoms with van der Waals surface area (Å²) in [5.74, 6) is -0.00796. The van der Waals surface area contributed by atoms with Crippen molar-refractivity contribution >= 4 is 17.4 Å². The Hall–Kier alpha value is -1.55. The highest BCUT2D eigenvalue weighted by molar-refractivity contribution is 7.99. The second-order valence-corrected chi connectivity index (χ2v) is 5.41. The first-order valence-corrected chi connectivity index (χ1v) is 7.06. The largest absolute Gasteiger partial charge is 0.399 e. The number of nitrogen functional groups attached to an aromatic ring is 1. The highest BCUT2D eigenvalue weighted by atomic mass is 32.2. The van der Waals surface area contributed by atoms with Gasteiger partial charge in [-0.3, -0.25) is 0 Å². The molecule has 1 nitrogen and oxygen atoms in total. The van der Waals surface area contributed by atoms with Gasteiger partial charge in [-0.25, -0.2) is 8.78 Å². The minimum Gasteiger partial charge on any atom is -0.399 e. The van der Waals surface area contributed by atoms with Gasteiger partial charge < -0.3 is 5.73 Å². The molecule has 0 unspecified atom stereocenters. The first-order valence-electron chi connectivity index (χ1n) is 6.07. The van der Waals surface area contributed by atoms with Gasteiger partial charge in [-0.15, -0.1) is 11.8 Å². The summed E-state index contributed by atoms with van der Waals surface area (Å²) < 4.78 is 26.3. The van der Waals surface area contributed by atoms with Crippen molar-refractivity contribution in [1.82, 2.24) is 0 Å². The molecule has 0 aliphatic rings. The number of hydrogen-bond acceptors (Lipinski definition) is 2. The van der Waals surface area contributed by atoms with Gasteiger partial charge in [-0.05, 0) is 54.5 Å². The lowest BCUT2D eigenvalue weighted by molar-refractivity contribution is 0.577. The topological polar surface area (TPSA) is 26.0 Å². The monoisotopic (exact) mass is 279 g/mol. The molecular formula is C15H15F2NS. The fourth-order valence-electron chi connectivity index (χ4n) is 1.73. The van der Waals surface area contributed by atoms with Crippen molar-refractivity contribution in [1.29, 1.82) is 0 Å². The van der Waals surface area contributed by atoms with Crippen molar-refractivity contribution in [3.8, 4) is 0 Å². The Kier molecular flexibility index (Phi) is 4.80. The molecule has 0 aliphatic heterocycles. The van der Waals surface area contributed by atoms with E-state index in [2.05, 4.69) is 0 Å². The van der Waals surface area contributed by atoms with Crippen molar-refractivity contribution in [3.63, 3.8) is 0 Å². The number of benzene rings is 2. The number of rotatable bonds is 5. The zero-order chi connectivity index (χ0) is 13.7. The molecule has 2 N–H and O–H groups in total. The first kappa shape index (κ1) is 13.9. The van der Waals surface area contributed by atoms with Gasteiger partial charge in [0.2, 0.25) is 0 Å². The summed E-state index contributed by atoms with van der Waals surface area (Å²) in [6.07, 6.45) is 1.81. The van der Waals surface area contributed by atoms with Gasteiger partial charge in [-0.2, -0.15) is 0 Å². The van der Waals surface area contributed by atoms with Crippen LogP contribution in [-0.4, -0.2) is 5.75 Å². The maximum atomic E-state index is 13.4. The van der Waals surface area contributed by atoms with E-state index in [1.54, 1.807) is 0 Å². The van der Waals surface area contributed by atoms with E-state index < -0.39 is 5.82 Å². The molecule has 0 heterocycles. The van der Waals surface area contributed by atoms with Gasteiger partial charge in [0.25, 0.3) is 0 Å². The molecule has 0 fully saturated rings. The van der Waals surface area contributed by atoms with Gasteiger partial charge in [0.1, 0.15) is 11.6 Å². The Morgan fingerprint density at radius 2 is 1.74 bits per heavy atom. The van der Waals surface area contributed by atoms with Crippen molar-refractivity contribution < 1.29 is 8.78 Å². The molecule has 0 saturated heterocycles. The minimum atomic E-state index is -0.401. The molecule has 0 bridgehead atoms. The summed E-state index contributed by atoms with van der Waals surface area (Å²) in [6, 6.07) is 11.3. The highest BCUT2D eigenvalue weighted by Crippen LogP contribution is 2.23. The molecule has 100 valence electrons. The number of aryl methyl sites for hydroxylation is 1. The fraction of sp³-hybridized carbons (Fsp3) is 0.200. The van der Waals surface area contributed by atoms with Crippen LogP contribution in [0.15, 0.2) is 47.4 Å². The predicted molar refractivity (Wildman–Crippen MR) is 76.3 cm³/mol. The van der Waals surface area contributed by atoms with Crippen LogP contribution < -0.4 is 5.73 Å². The third-order valence-corrected chi connectivity index (χ3v) is 3.86. The van der Waals surface area contributed by atoms with E-state index in [4.69, 9.17) is 5.73 Å². The molecule has 0 spiro atoms. The summed E-state index contributed by atoms with van der Waals surface area (Å²) in [5, 5.41) is 0. The molecule has 2 aromatic rings. The Labute approximate surface area is 115 Å². The van der Waals surface area contributed by atoms with Crippen LogP contribution in [0.1, 0.15) is 12.0 Å². The Morgan fingerprint density at radius 1 is 1.00 bits per heavy atom. The Bertz CT molecular complexity index is 540. The van der Waals surface area contributed by atoms with E-state index in [9.17, 15) is 8.78 Å². The lowest BCUT2D eigenvalue weighted by atomic mass is 10.1. The zero-order valence-electron chi connectivity index (χ0n) is 10.4. The van der Waals surface area contributed by atoms with E-state index in [0.29, 0.717) is 4.90 Å². The van der Waals surface area contributed by atoms with Gasteiger partial charge >= 0.3 is 0 Å². The minimum absolute atomic E-state index is 0.362. The third-order valence-electron chi connectivity index (χ3n) is 2.74. The number of thioether (sulfide) groups is 1. The van der Waals surface area contributed by atoms with Crippen LogP contribution in [0.25, 0.3) is 0 Å². The maximum Gasteiger partial charge on any atom is 0.136 e. The summed E-state index contributed by atoms with van der Waals surface area (Å²) in [5.41, 5.74) is 7.56. The second-order valence-electron chi connectivity index (χ2n) is 4.27. The summed E-state index contributed by atoms with van der Waals surface area (Å²) in [6.45, 7) is 0. The Morgan fingerprint density at radius 3 is 2.47 bits per heavy atom. The van der Waals surface area contributed by atoms with E-state index >= 15 is 0 Å². The molecule has 2 rings (SSSR count). The summed E-state index contributed by atoms with van der Waals surface area (Å²) in [4.78, 5) is 0.373. The number of anilines is 1. The lowest BCUT2D eigenvalue weighted by Crippen LogP contribution is -1.91. The number of hydrogen-bond donors (Lipinski definition) is 1. The van der Waals surface area contributed by atoms with Crippen molar-refractivity contribution in [2.75, 3.05) is 11.5 Å². The van der Waals surface area contributed by atoms with Crippen LogP contribution in [0.4, 0.5) is 14.5 Å². The number of nitrogens with two attached hydrogens (primary N) is 1. The molecule has 2 aromatic carbocycles. The number of halogens is 2. The average Bonchev–Trinajstić information content (AvgIpc) is 2.40. The van der Waals surface area contributed by atoms with Crippen LogP contribution in [0.5, 0.6) is 0 Å². The SMILES string of the molecule is Nc1ccc(CCCSc2cc(F)ccc2F)cc1. The normalized spacial score (nSPS) is 10.6. The van der Waals surface area contributed by atoms with Crippen LogP contribution in [-0.2, 0) is 6.42 Å². The molecule has 4 heteroatoms. The summed E-state index contributed by atoms with van der Waals surface area (Å²) >= 11 is 1.34. The zero-order valence-corrected chi connectivity index (χ0v) is 11.2. The van der Waals surface area contributed by atoms with Crippen LogP contribution in [0, 0.1) is 11.6 Å². The lowest BCUT2D eigenvalue weighted by Gasteiger charge is -2.04. The van der Waals surface area contributed by atoms with Gasteiger partial charge in [0, 0.05) is 10.6 Å². The van der Waals surface area contributed by atoms with E-state index in [1.807, 2.05) is 24.3 Å². The molecular weight excluding hydrogens is 264 g/mol. The van der Waals surface area contributed by atoms with Crippen molar-refractivity contribution in [2.45, 2.75) is 17.7 Å². The van der Waals surface area contributed by atoms with Crippen LogP contribution in [0.2, 0.25) is 0 Å². The first-order chi connectivity index (χ1) is 9.15. The van der Waals surface area contributed by atoms with Crippen molar-refractivity contribution in [2.24, 2.45) is 0 Å². The van der Waals surface area contributed by atoms with Gasteiger partial charge in [0.15, 0.2) is 0 Å². The van der Waals surface area contributed by atoms with Gasteiger partial charge in [-0.1, -0.05) is 12.1 Å². The van der Waals surface area contributed by atoms with Crippen molar-refractivity contribution in [3.05, 3.63) is 59.7 Å². The molecule has 0 atom stereocenters. The molecule has 0 amide bonds. The molecule has 0 saturated carbocycles. The predicted octanol–water partition coefficient (Wildman–Crippen LogP) is 4.27. The van der Waals surface area contributed by atoms with Crippen LogP contribution in [0.3, 0.4) is 0 Å². The molecule has 0 aliphatic carbocycles. The Balaban J connectivity index is 1.80. The fourth-order valence-corrected chi connectivity index (χ4v) is 2.64. The van der Waals surface area contributed by atoms with E-state index in [-0.39, 0.29) is 5.82 Å². The maximum absolute atomic E-state index is 13.4. The van der Waals surface area contributed by atoms with Crippen LogP contribution >= 0.6 is 11.8 Å². The van der Waals surface area contributed by atoms with Gasteiger partial charge in [0.05, 0.1) is 0 Å². The third kappa shape index (κ3) is 4.24. The highest BCUT2D eigenvalue weighted by Gasteiger charge is 2.04. The van der Waals surface area contributed by atoms with E-state index in [0.717, 1.165) is 36.4 Å². The molecule has 0 aromatic heterocycles. The summed E-state index contributed by atoms with van der Waals surface area (Å²) in [7, 11) is 0. The second kappa shape index (κ2) is 6.57. The van der Waals surface area contributed by atoms with E-state index in [1.165, 1.54) is 23.4 Å².